The molecule has 0 bridgehead atoms. The Kier molecular flexibility index (Phi) is 7.12. The van der Waals surface area contributed by atoms with Crippen LogP contribution in [-0.2, 0) is 25.7 Å². The van der Waals surface area contributed by atoms with Crippen molar-refractivity contribution in [3.8, 4) is 0 Å². The predicted molar refractivity (Wildman–Crippen MR) is 225 cm³/mol. The first-order valence-electron chi connectivity index (χ1n) is 18.4. The Labute approximate surface area is 294 Å². The van der Waals surface area contributed by atoms with Crippen LogP contribution in [0.1, 0.15) is 72.2 Å². The Morgan fingerprint density at radius 2 is 1.10 bits per heavy atom. The maximum absolute atomic E-state index is 4.28. The maximum atomic E-state index is 4.28. The molecule has 4 heteroatoms. The molecular weight excluding hydrogens is 630 g/mol. The molecule has 0 saturated carbocycles. The fourth-order valence-corrected chi connectivity index (χ4v) is 17.5. The summed E-state index contributed by atoms with van der Waals surface area (Å²) in [6.07, 6.45) is 23.0. The topological polar surface area (TPSA) is 15.3 Å². The zero-order chi connectivity index (χ0) is 33.8. The number of rotatable bonds is 2. The number of fused-ring (bicyclic) bond motifs is 10. The number of benzene rings is 4. The minimum absolute atomic E-state index is 0.482. The van der Waals surface area contributed by atoms with Crippen LogP contribution in [0.2, 0.25) is 0 Å². The van der Waals surface area contributed by atoms with E-state index in [9.17, 15) is 0 Å². The molecule has 0 saturated heterocycles. The first-order chi connectivity index (χ1) is 23.6. The van der Waals surface area contributed by atoms with Gasteiger partial charge in [-0.05, 0) is 0 Å². The molecule has 250 valence electrons. The summed E-state index contributed by atoms with van der Waals surface area (Å²) in [5.41, 5.74) is 17.9. The van der Waals surface area contributed by atoms with Crippen molar-refractivity contribution in [2.24, 2.45) is 0 Å². The monoisotopic (exact) mass is 680 g/mol. The molecule has 9 rings (SSSR count). The van der Waals surface area contributed by atoms with Crippen molar-refractivity contribution in [1.82, 2.24) is 0 Å². The van der Waals surface area contributed by atoms with E-state index in [1.807, 2.05) is 0 Å². The molecule has 0 radical (unpaired) electrons. The molecule has 4 aliphatic carbocycles. The fraction of sp³-hybridized carbons (Fsp3) is 0.289. The van der Waals surface area contributed by atoms with Gasteiger partial charge in [0.2, 0.25) is 0 Å². The molecule has 5 aliphatic rings. The molecule has 0 aromatic heterocycles. The molecule has 0 spiro atoms. The van der Waals surface area contributed by atoms with Crippen molar-refractivity contribution in [2.75, 3.05) is 30.6 Å². The van der Waals surface area contributed by atoms with Crippen LogP contribution in [0.3, 0.4) is 0 Å². The van der Waals surface area contributed by atoms with Gasteiger partial charge in [0.25, 0.3) is 0 Å². The number of allylic oxidation sites excluding steroid dienone is 4. The van der Waals surface area contributed by atoms with Crippen LogP contribution in [0, 0.1) is 0 Å². The molecule has 0 unspecified atom stereocenters. The normalized spacial score (nSPS) is 19.6. The van der Waals surface area contributed by atoms with E-state index in [0.29, 0.717) is 11.3 Å². The van der Waals surface area contributed by atoms with Gasteiger partial charge in [-0.2, -0.15) is 0 Å². The first-order valence-corrected chi connectivity index (χ1v) is 23.6. The van der Waals surface area contributed by atoms with E-state index in [4.69, 9.17) is 0 Å². The van der Waals surface area contributed by atoms with Crippen molar-refractivity contribution in [3.05, 3.63) is 117 Å². The van der Waals surface area contributed by atoms with Crippen LogP contribution >= 0.6 is 14.5 Å². The van der Waals surface area contributed by atoms with E-state index in [-0.39, 0.29) is 0 Å². The number of hydrogen-bond donors (Lipinski definition) is 1. The van der Waals surface area contributed by atoms with Gasteiger partial charge in [0.1, 0.15) is 0 Å². The summed E-state index contributed by atoms with van der Waals surface area (Å²) in [5, 5.41) is 10.5. The van der Waals surface area contributed by atoms with Crippen molar-refractivity contribution >= 4 is 82.8 Å². The van der Waals surface area contributed by atoms with Gasteiger partial charge in [-0.25, -0.2) is 0 Å². The third-order valence-electron chi connectivity index (χ3n) is 13.2. The fourth-order valence-electron chi connectivity index (χ4n) is 9.70. The second-order valence-corrected chi connectivity index (χ2v) is 25.4. The SMILES string of the molecule is CC(C)[PH]1(C)c2cc3c(cc2Nc2cc4c(cc2[PH](C)(C(C)C)c2ccc5c(c2N(C)c2c1ccc1c2C=CC1)CC=C5)CC=C4)CC=C3. The van der Waals surface area contributed by atoms with Crippen molar-refractivity contribution in [2.45, 2.75) is 64.7 Å². The van der Waals surface area contributed by atoms with Gasteiger partial charge in [0, 0.05) is 0 Å². The summed E-state index contributed by atoms with van der Waals surface area (Å²) in [5.74, 6) is 0. The molecule has 4 aromatic rings. The number of nitrogens with zero attached hydrogens (tertiary/aromatic N) is 1. The predicted octanol–water partition coefficient (Wildman–Crippen LogP) is 9.27. The molecule has 0 fully saturated rings. The van der Waals surface area contributed by atoms with Crippen LogP contribution in [-0.4, -0.2) is 31.7 Å². The average molecular weight is 681 g/mol. The summed E-state index contributed by atoms with van der Waals surface area (Å²) in [7, 11) is -2.36. The van der Waals surface area contributed by atoms with E-state index in [1.165, 1.54) is 72.6 Å². The van der Waals surface area contributed by atoms with Crippen LogP contribution in [0.15, 0.2) is 72.8 Å². The van der Waals surface area contributed by atoms with E-state index in [2.05, 4.69) is 155 Å². The molecule has 0 atom stereocenters. The molecular formula is C45H50N2P2. The molecule has 1 aliphatic heterocycles. The van der Waals surface area contributed by atoms with Gasteiger partial charge in [-0.3, -0.25) is 0 Å². The van der Waals surface area contributed by atoms with Crippen LogP contribution in [0.25, 0.3) is 24.3 Å². The quantitative estimate of drug-likeness (QED) is 0.213. The second-order valence-electron chi connectivity index (χ2n) is 16.1. The van der Waals surface area contributed by atoms with Crippen LogP contribution in [0.5, 0.6) is 0 Å². The average Bonchev–Trinajstić information content (AvgIpc) is 3.91. The van der Waals surface area contributed by atoms with E-state index >= 15 is 0 Å². The standard InChI is InChI=1S/C45H50N2P2/c1-28(2)48(6)40-22-20-30-12-10-18-36(30)44(40)47(5)45-37-19-11-13-31(37)21-23-41(45)49(7,29(3)4)43-27-35-17-9-15-33(35)25-39(43)46-38-24-32-14-8-16-34(32)26-42(38)48/h8-12,14,17,19-29,46,48-49H,13,15-16,18H2,1-7H3. The molecule has 49 heavy (non-hydrogen) atoms. The molecule has 2 nitrogen and oxygen atoms in total. The number of nitrogens with one attached hydrogen (secondary N) is 1. The van der Waals surface area contributed by atoms with Gasteiger partial charge in [0.05, 0.1) is 0 Å². The Hall–Kier alpha value is -3.70. The third kappa shape index (κ3) is 4.39. The summed E-state index contributed by atoms with van der Waals surface area (Å²) in [6, 6.07) is 20.2. The zero-order valence-corrected chi connectivity index (χ0v) is 32.2. The Morgan fingerprint density at radius 3 is 1.84 bits per heavy atom. The minimum atomic E-state index is -2.39. The second kappa shape index (κ2) is 11.2. The van der Waals surface area contributed by atoms with Crippen molar-refractivity contribution in [1.29, 1.82) is 0 Å². The zero-order valence-electron chi connectivity index (χ0n) is 30.2. The molecule has 0 amide bonds. The molecule has 4 aromatic carbocycles. The van der Waals surface area contributed by atoms with Crippen molar-refractivity contribution < 1.29 is 0 Å². The van der Waals surface area contributed by atoms with E-state index in [1.54, 1.807) is 15.9 Å². The molecule has 1 N–H and O–H groups in total. The summed E-state index contributed by atoms with van der Waals surface area (Å²) >= 11 is 0. The summed E-state index contributed by atoms with van der Waals surface area (Å²) in [6.45, 7) is 15.3. The van der Waals surface area contributed by atoms with Crippen molar-refractivity contribution in [3.63, 3.8) is 0 Å². The van der Waals surface area contributed by atoms with Crippen LogP contribution < -0.4 is 31.4 Å². The van der Waals surface area contributed by atoms with Gasteiger partial charge in [-0.1, -0.05) is 0 Å². The molecule has 1 heterocycles. The van der Waals surface area contributed by atoms with Gasteiger partial charge >= 0.3 is 295 Å². The van der Waals surface area contributed by atoms with Gasteiger partial charge in [-0.15, -0.1) is 0 Å². The Morgan fingerprint density at radius 1 is 0.551 bits per heavy atom. The van der Waals surface area contributed by atoms with E-state index in [0.717, 1.165) is 25.7 Å². The van der Waals surface area contributed by atoms with Gasteiger partial charge in [0.15, 0.2) is 0 Å². The Bertz CT molecular complexity index is 2220. The van der Waals surface area contributed by atoms with Crippen LogP contribution in [0.4, 0.5) is 22.7 Å². The first kappa shape index (κ1) is 31.3. The number of hydrogen-bond acceptors (Lipinski definition) is 2. The third-order valence-corrected chi connectivity index (χ3v) is 23.9. The number of anilines is 4. The summed E-state index contributed by atoms with van der Waals surface area (Å²) in [4.78, 5) is 2.70. The Balaban J connectivity index is 1.46. The summed E-state index contributed by atoms with van der Waals surface area (Å²) < 4.78 is 0. The van der Waals surface area contributed by atoms with E-state index < -0.39 is 14.5 Å². The van der Waals surface area contributed by atoms with Gasteiger partial charge < -0.3 is 0 Å².